The number of fused-ring (bicyclic) bond motifs is 1. The maximum absolute atomic E-state index is 13.1. The molecule has 2 aromatic rings. The van der Waals surface area contributed by atoms with Crippen LogP contribution in [0.2, 0.25) is 5.02 Å². The molecule has 2 N–H and O–H groups in total. The first-order valence-electron chi connectivity index (χ1n) is 5.85. The molecule has 0 aliphatic heterocycles. The molecule has 1 aromatic heterocycles. The SMILES string of the molecule is CCC(NC(=O)c1sc2cc(F)ccc2c1Cl)C(=O)O. The molecule has 20 heavy (non-hydrogen) atoms. The predicted octanol–water partition coefficient (Wildman–Crippen LogP) is 3.29. The fraction of sp³-hybridized carbons (Fsp3) is 0.231. The molecule has 1 unspecified atom stereocenters. The van der Waals surface area contributed by atoms with Gasteiger partial charge in [0.25, 0.3) is 5.91 Å². The van der Waals surface area contributed by atoms with Gasteiger partial charge in [0.2, 0.25) is 0 Å². The zero-order chi connectivity index (χ0) is 14.9. The van der Waals surface area contributed by atoms with Gasteiger partial charge in [-0.1, -0.05) is 18.5 Å². The first-order valence-corrected chi connectivity index (χ1v) is 7.04. The van der Waals surface area contributed by atoms with Crippen LogP contribution in [0.5, 0.6) is 0 Å². The molecule has 106 valence electrons. The summed E-state index contributed by atoms with van der Waals surface area (Å²) in [6.07, 6.45) is 0.262. The maximum atomic E-state index is 13.1. The molecule has 0 radical (unpaired) electrons. The van der Waals surface area contributed by atoms with Gasteiger partial charge in [-0.2, -0.15) is 0 Å². The number of carbonyl (C=O) groups is 2. The molecule has 7 heteroatoms. The van der Waals surface area contributed by atoms with Crippen molar-refractivity contribution in [3.63, 3.8) is 0 Å². The van der Waals surface area contributed by atoms with Crippen molar-refractivity contribution >= 4 is 44.9 Å². The van der Waals surface area contributed by atoms with E-state index in [9.17, 15) is 14.0 Å². The minimum Gasteiger partial charge on any atom is -0.480 e. The summed E-state index contributed by atoms with van der Waals surface area (Å²) in [5.41, 5.74) is 0. The average Bonchev–Trinajstić information content (AvgIpc) is 2.72. The normalized spacial score (nSPS) is 12.3. The summed E-state index contributed by atoms with van der Waals surface area (Å²) in [5.74, 6) is -2.09. The number of carboxylic acids is 1. The standard InChI is InChI=1S/C13H11ClFNO3S/c1-2-8(13(18)19)16-12(17)11-10(14)7-4-3-6(15)5-9(7)20-11/h3-5,8H,2H2,1H3,(H,16,17)(H,18,19). The van der Waals surface area contributed by atoms with Crippen LogP contribution >= 0.6 is 22.9 Å². The summed E-state index contributed by atoms with van der Waals surface area (Å²) < 4.78 is 13.7. The monoisotopic (exact) mass is 315 g/mol. The minimum atomic E-state index is -1.11. The van der Waals surface area contributed by atoms with Crippen molar-refractivity contribution in [3.8, 4) is 0 Å². The van der Waals surface area contributed by atoms with Crippen LogP contribution in [0.25, 0.3) is 10.1 Å². The second kappa shape index (κ2) is 5.76. The molecule has 1 amide bonds. The molecule has 4 nitrogen and oxygen atoms in total. The Labute approximate surface area is 123 Å². The largest absolute Gasteiger partial charge is 0.480 e. The van der Waals surface area contributed by atoms with Gasteiger partial charge in [-0.25, -0.2) is 9.18 Å². The average molecular weight is 316 g/mol. The Morgan fingerprint density at radius 2 is 2.20 bits per heavy atom. The van der Waals surface area contributed by atoms with Crippen molar-refractivity contribution in [2.24, 2.45) is 0 Å². The van der Waals surface area contributed by atoms with E-state index < -0.39 is 23.7 Å². The van der Waals surface area contributed by atoms with E-state index >= 15 is 0 Å². The Morgan fingerprint density at radius 3 is 2.80 bits per heavy atom. The van der Waals surface area contributed by atoms with Crippen LogP contribution in [0.3, 0.4) is 0 Å². The van der Waals surface area contributed by atoms with Gasteiger partial charge in [-0.15, -0.1) is 11.3 Å². The molecule has 0 saturated carbocycles. The molecule has 0 fully saturated rings. The number of amides is 1. The van der Waals surface area contributed by atoms with Crippen LogP contribution in [-0.2, 0) is 4.79 Å². The molecular weight excluding hydrogens is 305 g/mol. The highest BCUT2D eigenvalue weighted by atomic mass is 35.5. The lowest BCUT2D eigenvalue weighted by molar-refractivity contribution is -0.139. The minimum absolute atomic E-state index is 0.187. The molecule has 0 bridgehead atoms. The van der Waals surface area contributed by atoms with E-state index in [0.717, 1.165) is 11.3 Å². The van der Waals surface area contributed by atoms with Gasteiger partial charge in [0, 0.05) is 10.1 Å². The van der Waals surface area contributed by atoms with Crippen molar-refractivity contribution in [2.45, 2.75) is 19.4 Å². The van der Waals surface area contributed by atoms with Crippen LogP contribution in [0.1, 0.15) is 23.0 Å². The Balaban J connectivity index is 2.35. The van der Waals surface area contributed by atoms with Crippen molar-refractivity contribution < 1.29 is 19.1 Å². The fourth-order valence-electron chi connectivity index (χ4n) is 1.75. The summed E-state index contributed by atoms with van der Waals surface area (Å²) in [6, 6.07) is 3.07. The van der Waals surface area contributed by atoms with Crippen LogP contribution in [0, 0.1) is 5.82 Å². The Bertz CT molecular complexity index is 686. The highest BCUT2D eigenvalue weighted by Crippen LogP contribution is 2.35. The van der Waals surface area contributed by atoms with E-state index in [4.69, 9.17) is 16.7 Å². The highest BCUT2D eigenvalue weighted by molar-refractivity contribution is 7.21. The molecule has 1 heterocycles. The first-order chi connectivity index (χ1) is 9.43. The highest BCUT2D eigenvalue weighted by Gasteiger charge is 2.22. The van der Waals surface area contributed by atoms with E-state index in [2.05, 4.69) is 5.32 Å². The van der Waals surface area contributed by atoms with Gasteiger partial charge in [0.15, 0.2) is 0 Å². The molecule has 0 spiro atoms. The summed E-state index contributed by atoms with van der Waals surface area (Å²) in [5, 5.41) is 12.1. The number of aliphatic carboxylic acids is 1. The Morgan fingerprint density at radius 1 is 1.50 bits per heavy atom. The lowest BCUT2D eigenvalue weighted by atomic mass is 10.2. The second-order valence-electron chi connectivity index (χ2n) is 4.16. The molecule has 2 rings (SSSR count). The van der Waals surface area contributed by atoms with E-state index in [1.54, 1.807) is 6.92 Å². The predicted molar refractivity (Wildman–Crippen MR) is 76.0 cm³/mol. The number of carboxylic acid groups (broad SMARTS) is 1. The lowest BCUT2D eigenvalue weighted by Gasteiger charge is -2.11. The van der Waals surface area contributed by atoms with Gasteiger partial charge in [-0.05, 0) is 24.6 Å². The number of halogens is 2. The smallest absolute Gasteiger partial charge is 0.326 e. The molecule has 1 atom stereocenters. The number of carbonyl (C=O) groups excluding carboxylic acids is 1. The van der Waals surface area contributed by atoms with Crippen molar-refractivity contribution in [3.05, 3.63) is 33.9 Å². The lowest BCUT2D eigenvalue weighted by Crippen LogP contribution is -2.40. The van der Waals surface area contributed by atoms with Crippen molar-refractivity contribution in [1.82, 2.24) is 5.32 Å². The zero-order valence-electron chi connectivity index (χ0n) is 10.4. The third-order valence-electron chi connectivity index (χ3n) is 2.81. The van der Waals surface area contributed by atoms with Gasteiger partial charge in [-0.3, -0.25) is 4.79 Å². The molecule has 0 aliphatic carbocycles. The van der Waals surface area contributed by atoms with E-state index in [0.29, 0.717) is 10.1 Å². The number of thiophene rings is 1. The molecule has 1 aromatic carbocycles. The molecular formula is C13H11ClFNO3S. The Hall–Kier alpha value is -1.66. The second-order valence-corrected chi connectivity index (χ2v) is 5.59. The quantitative estimate of drug-likeness (QED) is 0.910. The van der Waals surface area contributed by atoms with E-state index in [-0.39, 0.29) is 16.3 Å². The van der Waals surface area contributed by atoms with Gasteiger partial charge < -0.3 is 10.4 Å². The van der Waals surface area contributed by atoms with Gasteiger partial charge >= 0.3 is 5.97 Å². The summed E-state index contributed by atoms with van der Waals surface area (Å²) in [7, 11) is 0. The fourth-order valence-corrected chi connectivity index (χ4v) is 3.19. The third kappa shape index (κ3) is 2.76. The first kappa shape index (κ1) is 14.7. The maximum Gasteiger partial charge on any atom is 0.326 e. The molecule has 0 saturated heterocycles. The number of hydrogen-bond acceptors (Lipinski definition) is 3. The van der Waals surface area contributed by atoms with Gasteiger partial charge in [0.1, 0.15) is 16.7 Å². The number of hydrogen-bond donors (Lipinski definition) is 2. The van der Waals surface area contributed by atoms with E-state index in [1.165, 1.54) is 18.2 Å². The zero-order valence-corrected chi connectivity index (χ0v) is 12.0. The summed E-state index contributed by atoms with van der Waals surface area (Å²) in [4.78, 5) is 23.1. The summed E-state index contributed by atoms with van der Waals surface area (Å²) >= 11 is 7.12. The van der Waals surface area contributed by atoms with Crippen LogP contribution in [0.15, 0.2) is 18.2 Å². The number of rotatable bonds is 4. The van der Waals surface area contributed by atoms with E-state index in [1.807, 2.05) is 0 Å². The molecule has 0 aliphatic rings. The van der Waals surface area contributed by atoms with Crippen molar-refractivity contribution in [1.29, 1.82) is 0 Å². The van der Waals surface area contributed by atoms with Crippen LogP contribution < -0.4 is 5.32 Å². The van der Waals surface area contributed by atoms with Crippen LogP contribution in [-0.4, -0.2) is 23.0 Å². The third-order valence-corrected chi connectivity index (χ3v) is 4.47. The topological polar surface area (TPSA) is 66.4 Å². The summed E-state index contributed by atoms with van der Waals surface area (Å²) in [6.45, 7) is 1.65. The Kier molecular flexibility index (Phi) is 4.25. The number of benzene rings is 1. The van der Waals surface area contributed by atoms with Gasteiger partial charge in [0.05, 0.1) is 5.02 Å². The van der Waals surface area contributed by atoms with Crippen LogP contribution in [0.4, 0.5) is 4.39 Å². The van der Waals surface area contributed by atoms with Crippen molar-refractivity contribution in [2.75, 3.05) is 0 Å². The number of nitrogens with one attached hydrogen (secondary N) is 1.